The molecule has 0 N–H and O–H groups in total. The Kier molecular flexibility index (Phi) is 6.60. The number of amides is 1. The van der Waals surface area contributed by atoms with E-state index in [1.807, 2.05) is 37.4 Å². The summed E-state index contributed by atoms with van der Waals surface area (Å²) in [7, 11) is 0. The second kappa shape index (κ2) is 9.14. The summed E-state index contributed by atoms with van der Waals surface area (Å²) in [6.07, 6.45) is -2.47. The highest BCUT2D eigenvalue weighted by Gasteiger charge is 2.42. The van der Waals surface area contributed by atoms with Crippen molar-refractivity contribution in [3.63, 3.8) is 0 Å². The summed E-state index contributed by atoms with van der Waals surface area (Å²) in [5, 5.41) is 4.83. The number of aryl methyl sites for hydroxylation is 1. The zero-order valence-corrected chi connectivity index (χ0v) is 19.7. The smallest absolute Gasteiger partial charge is 0.410 e. The number of ether oxygens (including phenoxy) is 1. The molecule has 0 aromatic carbocycles. The SMILES string of the molecule is Cc1cc([C@@H]2CN(C(=O)OC(C)C)CC[C@H]2C)n2nc([C@H]3CC[C@H](C(F)(F)F)CC3)cc2n1. The Balaban J connectivity index is 1.59. The van der Waals surface area contributed by atoms with Gasteiger partial charge in [0.25, 0.3) is 0 Å². The second-order valence-electron chi connectivity index (χ2n) is 10.0. The fourth-order valence-electron chi connectivity index (χ4n) is 5.22. The molecule has 1 saturated carbocycles. The van der Waals surface area contributed by atoms with Gasteiger partial charge in [-0.2, -0.15) is 18.3 Å². The van der Waals surface area contributed by atoms with E-state index >= 15 is 0 Å². The van der Waals surface area contributed by atoms with Gasteiger partial charge in [-0.1, -0.05) is 6.92 Å². The van der Waals surface area contributed by atoms with Crippen molar-refractivity contribution < 1.29 is 22.7 Å². The maximum atomic E-state index is 13.1. The van der Waals surface area contributed by atoms with E-state index < -0.39 is 12.1 Å². The van der Waals surface area contributed by atoms with Crippen LogP contribution in [0.3, 0.4) is 0 Å². The van der Waals surface area contributed by atoms with E-state index in [-0.39, 0.29) is 36.9 Å². The van der Waals surface area contributed by atoms with Gasteiger partial charge in [0.05, 0.1) is 23.4 Å². The van der Waals surface area contributed by atoms with Crippen LogP contribution in [0.1, 0.15) is 81.8 Å². The molecule has 182 valence electrons. The molecule has 2 aliphatic rings. The quantitative estimate of drug-likeness (QED) is 0.570. The number of halogens is 3. The Hall–Kier alpha value is -2.32. The van der Waals surface area contributed by atoms with Crippen molar-refractivity contribution in [2.45, 2.75) is 83.9 Å². The molecule has 2 aromatic rings. The fourth-order valence-corrected chi connectivity index (χ4v) is 5.22. The van der Waals surface area contributed by atoms with Gasteiger partial charge in [0, 0.05) is 36.7 Å². The molecule has 0 radical (unpaired) electrons. The molecular weight excluding hydrogens is 433 g/mol. The summed E-state index contributed by atoms with van der Waals surface area (Å²) in [6.45, 7) is 8.99. The number of aromatic nitrogens is 3. The van der Waals surface area contributed by atoms with E-state index in [1.54, 1.807) is 4.90 Å². The number of piperidine rings is 1. The number of nitrogens with zero attached hydrogens (tertiary/aromatic N) is 4. The lowest BCUT2D eigenvalue weighted by Crippen LogP contribution is -2.43. The molecule has 0 bridgehead atoms. The number of carbonyl (C=O) groups excluding carboxylic acids is 1. The van der Waals surface area contributed by atoms with Gasteiger partial charge >= 0.3 is 12.3 Å². The van der Waals surface area contributed by atoms with E-state index in [1.165, 1.54) is 0 Å². The third-order valence-corrected chi connectivity index (χ3v) is 7.14. The van der Waals surface area contributed by atoms with Crippen LogP contribution in [0, 0.1) is 18.8 Å². The van der Waals surface area contributed by atoms with Crippen LogP contribution in [0.15, 0.2) is 12.1 Å². The molecule has 1 amide bonds. The lowest BCUT2D eigenvalue weighted by Gasteiger charge is -2.37. The first-order valence-electron chi connectivity index (χ1n) is 11.9. The summed E-state index contributed by atoms with van der Waals surface area (Å²) in [5.74, 6) is -0.787. The molecule has 3 heterocycles. The van der Waals surface area contributed by atoms with E-state index in [0.29, 0.717) is 37.5 Å². The number of likely N-dealkylation sites (tertiary alicyclic amines) is 1. The number of carbonyl (C=O) groups is 1. The molecule has 2 fully saturated rings. The van der Waals surface area contributed by atoms with E-state index in [2.05, 4.69) is 11.9 Å². The largest absolute Gasteiger partial charge is 0.447 e. The van der Waals surface area contributed by atoms with Crippen LogP contribution in [0.4, 0.5) is 18.0 Å². The number of fused-ring (bicyclic) bond motifs is 1. The predicted molar refractivity (Wildman–Crippen MR) is 118 cm³/mol. The van der Waals surface area contributed by atoms with Crippen molar-refractivity contribution in [1.82, 2.24) is 19.5 Å². The van der Waals surface area contributed by atoms with Gasteiger partial charge in [0.1, 0.15) is 0 Å². The number of hydrogen-bond acceptors (Lipinski definition) is 4. The fraction of sp³-hybridized carbons (Fsp3) is 0.708. The van der Waals surface area contributed by atoms with Crippen molar-refractivity contribution in [3.8, 4) is 0 Å². The number of hydrogen-bond donors (Lipinski definition) is 0. The molecule has 33 heavy (non-hydrogen) atoms. The summed E-state index contributed by atoms with van der Waals surface area (Å²) in [6, 6.07) is 3.94. The first-order chi connectivity index (χ1) is 15.5. The standard InChI is InChI=1S/C24H33F3N4O2/c1-14(2)33-23(32)30-10-9-15(3)19(13-30)21-11-16(4)28-22-12-20(29-31(21)22)17-5-7-18(8-6-17)24(25,26)27/h11-12,14-15,17-19H,5-10,13H2,1-4H3/t15-,17-,18-,19-/m1/s1. The Morgan fingerprint density at radius 1 is 1.15 bits per heavy atom. The molecule has 9 heteroatoms. The average Bonchev–Trinajstić information content (AvgIpc) is 3.16. The third-order valence-electron chi connectivity index (χ3n) is 7.14. The van der Waals surface area contributed by atoms with Gasteiger partial charge < -0.3 is 9.64 Å². The van der Waals surface area contributed by atoms with Crippen LogP contribution in [0.25, 0.3) is 5.65 Å². The molecule has 2 aromatic heterocycles. The van der Waals surface area contributed by atoms with Gasteiger partial charge in [0.2, 0.25) is 0 Å². The molecule has 1 aliphatic heterocycles. The minimum atomic E-state index is -4.12. The first kappa shape index (κ1) is 23.8. The van der Waals surface area contributed by atoms with E-state index in [4.69, 9.17) is 9.84 Å². The predicted octanol–water partition coefficient (Wildman–Crippen LogP) is 5.84. The van der Waals surface area contributed by atoms with E-state index in [0.717, 1.165) is 23.5 Å². The highest BCUT2D eigenvalue weighted by Crippen LogP contribution is 2.43. The molecule has 4 rings (SSSR count). The van der Waals surface area contributed by atoms with Crippen LogP contribution in [0.5, 0.6) is 0 Å². The first-order valence-corrected chi connectivity index (χ1v) is 11.9. The average molecular weight is 467 g/mol. The molecule has 0 unspecified atom stereocenters. The van der Waals surface area contributed by atoms with Gasteiger partial charge in [-0.3, -0.25) is 0 Å². The zero-order chi connectivity index (χ0) is 23.9. The van der Waals surface area contributed by atoms with Gasteiger partial charge in [-0.15, -0.1) is 0 Å². The lowest BCUT2D eigenvalue weighted by atomic mass is 9.80. The lowest BCUT2D eigenvalue weighted by molar-refractivity contribution is -0.182. The van der Waals surface area contributed by atoms with Gasteiger partial charge in [0.15, 0.2) is 5.65 Å². The zero-order valence-electron chi connectivity index (χ0n) is 19.7. The van der Waals surface area contributed by atoms with Crippen molar-refractivity contribution in [1.29, 1.82) is 0 Å². The Morgan fingerprint density at radius 2 is 1.85 bits per heavy atom. The van der Waals surface area contributed by atoms with Gasteiger partial charge in [-0.05, 0) is 64.9 Å². The monoisotopic (exact) mass is 466 g/mol. The van der Waals surface area contributed by atoms with Gasteiger partial charge in [-0.25, -0.2) is 14.3 Å². The summed E-state index contributed by atoms with van der Waals surface area (Å²) >= 11 is 0. The van der Waals surface area contributed by atoms with Crippen molar-refractivity contribution in [2.75, 3.05) is 13.1 Å². The molecule has 6 nitrogen and oxygen atoms in total. The van der Waals surface area contributed by atoms with Crippen molar-refractivity contribution >= 4 is 11.7 Å². The van der Waals surface area contributed by atoms with Crippen molar-refractivity contribution in [3.05, 3.63) is 29.2 Å². The topological polar surface area (TPSA) is 59.7 Å². The Morgan fingerprint density at radius 3 is 2.48 bits per heavy atom. The minimum absolute atomic E-state index is 0.0137. The van der Waals surface area contributed by atoms with Crippen molar-refractivity contribution in [2.24, 2.45) is 11.8 Å². The summed E-state index contributed by atoms with van der Waals surface area (Å²) < 4.78 is 46.5. The molecule has 1 saturated heterocycles. The number of alkyl halides is 3. The maximum absolute atomic E-state index is 13.1. The van der Waals surface area contributed by atoms with Crippen LogP contribution < -0.4 is 0 Å². The summed E-state index contributed by atoms with van der Waals surface area (Å²) in [5.41, 5.74) is 3.38. The Bertz CT molecular complexity index is 995. The third kappa shape index (κ3) is 5.11. The second-order valence-corrected chi connectivity index (χ2v) is 10.0. The maximum Gasteiger partial charge on any atom is 0.410 e. The van der Waals surface area contributed by atoms with Crippen LogP contribution in [-0.4, -0.2) is 51.0 Å². The summed E-state index contributed by atoms with van der Waals surface area (Å²) in [4.78, 5) is 18.9. The van der Waals surface area contributed by atoms with E-state index in [9.17, 15) is 18.0 Å². The molecule has 1 aliphatic carbocycles. The normalized spacial score (nSPS) is 26.7. The van der Waals surface area contributed by atoms with Crippen LogP contribution in [-0.2, 0) is 4.74 Å². The van der Waals surface area contributed by atoms with Crippen LogP contribution in [0.2, 0.25) is 0 Å². The minimum Gasteiger partial charge on any atom is -0.447 e. The highest BCUT2D eigenvalue weighted by atomic mass is 19.4. The Labute approximate surface area is 192 Å². The molecular formula is C24H33F3N4O2. The molecule has 2 atom stereocenters. The molecule has 0 spiro atoms. The highest BCUT2D eigenvalue weighted by molar-refractivity contribution is 5.68. The van der Waals surface area contributed by atoms with Crippen LogP contribution >= 0.6 is 0 Å². The number of rotatable bonds is 3.